The molecule has 1 atom stereocenters. The molecule has 0 radical (unpaired) electrons. The van der Waals surface area contributed by atoms with E-state index in [1.165, 1.54) is 12.3 Å². The van der Waals surface area contributed by atoms with E-state index < -0.39 is 17.7 Å². The zero-order valence-electron chi connectivity index (χ0n) is 16.9. The summed E-state index contributed by atoms with van der Waals surface area (Å²) in [6.45, 7) is 3.41. The molecular weight excluding hydrogens is 443 g/mol. The molecule has 0 aromatic heterocycles. The first-order chi connectivity index (χ1) is 14.8. The maximum absolute atomic E-state index is 12.1. The van der Waals surface area contributed by atoms with E-state index in [2.05, 4.69) is 21.2 Å². The van der Waals surface area contributed by atoms with Crippen LogP contribution >= 0.6 is 23.2 Å². The molecule has 0 fully saturated rings. The highest BCUT2D eigenvalue weighted by molar-refractivity contribution is 6.42. The topological polar surface area (TPSA) is 109 Å². The van der Waals surface area contributed by atoms with Gasteiger partial charge in [0.05, 0.1) is 16.3 Å². The number of halogens is 2. The summed E-state index contributed by atoms with van der Waals surface area (Å²) in [5, 5.41) is 9.67. The van der Waals surface area contributed by atoms with Crippen molar-refractivity contribution in [2.45, 2.75) is 26.3 Å². The van der Waals surface area contributed by atoms with Crippen LogP contribution in [0.15, 0.2) is 47.6 Å². The number of hydrogen-bond acceptors (Lipinski definition) is 5. The Hall–Kier alpha value is -3.10. The average molecular weight is 465 g/mol. The number of para-hydroxylation sites is 1. The van der Waals surface area contributed by atoms with Crippen molar-refractivity contribution in [2.24, 2.45) is 5.10 Å². The van der Waals surface area contributed by atoms with Crippen LogP contribution in [-0.2, 0) is 14.4 Å². The molecule has 3 N–H and O–H groups in total. The number of benzene rings is 2. The number of nitrogens with zero attached hydrogens (tertiary/aromatic N) is 1. The van der Waals surface area contributed by atoms with E-state index >= 15 is 0 Å². The van der Waals surface area contributed by atoms with E-state index in [1.54, 1.807) is 43.3 Å². The van der Waals surface area contributed by atoms with Gasteiger partial charge in [-0.2, -0.15) is 5.10 Å². The van der Waals surface area contributed by atoms with Gasteiger partial charge in [-0.3, -0.25) is 14.4 Å². The SMILES string of the molecule is CC[C@@H](C)NC(=O)C(=O)N/N=C\c1ccccc1OCC(=O)Nc1ccc(Cl)c(Cl)c1. The molecule has 0 saturated carbocycles. The normalized spacial score (nSPS) is 11.6. The number of rotatable bonds is 8. The van der Waals surface area contributed by atoms with Crippen LogP contribution in [0.2, 0.25) is 10.0 Å². The molecule has 0 aliphatic rings. The molecule has 2 aromatic carbocycles. The molecule has 0 spiro atoms. The zero-order chi connectivity index (χ0) is 22.8. The molecule has 0 saturated heterocycles. The van der Waals surface area contributed by atoms with Crippen LogP contribution in [0.5, 0.6) is 5.75 Å². The first-order valence-corrected chi connectivity index (χ1v) is 10.2. The van der Waals surface area contributed by atoms with Crippen molar-refractivity contribution in [1.29, 1.82) is 0 Å². The second kappa shape index (κ2) is 11.9. The summed E-state index contributed by atoms with van der Waals surface area (Å²) < 4.78 is 5.54. The largest absolute Gasteiger partial charge is 0.483 e. The Balaban J connectivity index is 1.91. The van der Waals surface area contributed by atoms with Crippen LogP contribution in [0, 0.1) is 0 Å². The van der Waals surface area contributed by atoms with Crippen LogP contribution in [0.3, 0.4) is 0 Å². The number of hydrogen-bond donors (Lipinski definition) is 3. The molecule has 31 heavy (non-hydrogen) atoms. The van der Waals surface area contributed by atoms with E-state index in [0.29, 0.717) is 33.5 Å². The third-order valence-corrected chi connectivity index (χ3v) is 4.79. The van der Waals surface area contributed by atoms with Crippen molar-refractivity contribution >= 4 is 52.8 Å². The lowest BCUT2D eigenvalue weighted by atomic mass is 10.2. The van der Waals surface area contributed by atoms with Gasteiger partial charge in [-0.05, 0) is 43.7 Å². The molecule has 164 valence electrons. The smallest absolute Gasteiger partial charge is 0.329 e. The van der Waals surface area contributed by atoms with Crippen molar-refractivity contribution in [3.63, 3.8) is 0 Å². The monoisotopic (exact) mass is 464 g/mol. The second-order valence-corrected chi connectivity index (χ2v) is 7.30. The lowest BCUT2D eigenvalue weighted by molar-refractivity contribution is -0.139. The molecule has 2 rings (SSSR count). The summed E-state index contributed by atoms with van der Waals surface area (Å²) in [4.78, 5) is 35.6. The van der Waals surface area contributed by atoms with Crippen molar-refractivity contribution in [1.82, 2.24) is 10.7 Å². The lowest BCUT2D eigenvalue weighted by Crippen LogP contribution is -2.41. The summed E-state index contributed by atoms with van der Waals surface area (Å²) in [6.07, 6.45) is 2.02. The van der Waals surface area contributed by atoms with Gasteiger partial charge in [0.25, 0.3) is 5.91 Å². The molecule has 0 aliphatic heterocycles. The number of ether oxygens (including phenoxy) is 1. The first-order valence-electron chi connectivity index (χ1n) is 9.40. The number of carbonyl (C=O) groups excluding carboxylic acids is 3. The summed E-state index contributed by atoms with van der Waals surface area (Å²) >= 11 is 11.8. The van der Waals surface area contributed by atoms with E-state index in [1.807, 2.05) is 6.92 Å². The number of anilines is 1. The van der Waals surface area contributed by atoms with E-state index in [9.17, 15) is 14.4 Å². The van der Waals surface area contributed by atoms with Gasteiger partial charge in [-0.25, -0.2) is 5.43 Å². The molecular formula is C21H22Cl2N4O4. The number of amides is 3. The Labute approximate surface area is 189 Å². The first kappa shape index (κ1) is 24.2. The minimum absolute atomic E-state index is 0.119. The van der Waals surface area contributed by atoms with Crippen LogP contribution < -0.4 is 20.8 Å². The maximum atomic E-state index is 12.1. The molecule has 0 unspecified atom stereocenters. The van der Waals surface area contributed by atoms with Gasteiger partial charge in [0.15, 0.2) is 6.61 Å². The fourth-order valence-corrected chi connectivity index (χ4v) is 2.53. The average Bonchev–Trinajstić information content (AvgIpc) is 2.75. The van der Waals surface area contributed by atoms with Gasteiger partial charge in [0.1, 0.15) is 5.75 Å². The van der Waals surface area contributed by atoms with Gasteiger partial charge in [-0.1, -0.05) is 42.3 Å². The third-order valence-electron chi connectivity index (χ3n) is 4.05. The van der Waals surface area contributed by atoms with Gasteiger partial charge in [0.2, 0.25) is 0 Å². The maximum Gasteiger partial charge on any atom is 0.329 e. The van der Waals surface area contributed by atoms with E-state index in [0.717, 1.165) is 0 Å². The molecule has 0 heterocycles. The highest BCUT2D eigenvalue weighted by Gasteiger charge is 2.14. The zero-order valence-corrected chi connectivity index (χ0v) is 18.5. The molecule has 8 nitrogen and oxygen atoms in total. The second-order valence-electron chi connectivity index (χ2n) is 6.49. The molecule has 10 heteroatoms. The van der Waals surface area contributed by atoms with Crippen molar-refractivity contribution in [3.8, 4) is 5.75 Å². The van der Waals surface area contributed by atoms with E-state index in [4.69, 9.17) is 27.9 Å². The number of hydrazone groups is 1. The van der Waals surface area contributed by atoms with Crippen LogP contribution in [0.1, 0.15) is 25.8 Å². The standard InChI is InChI=1S/C21H22Cl2N4O4/c1-3-13(2)25-20(29)21(30)27-24-11-14-6-4-5-7-18(14)31-12-19(28)26-15-8-9-16(22)17(23)10-15/h4-11,13H,3,12H2,1-2H3,(H,25,29)(H,26,28)(H,27,30)/b24-11-/t13-/m1/s1. The Morgan fingerprint density at radius 1 is 1.10 bits per heavy atom. The van der Waals surface area contributed by atoms with Gasteiger partial charge >= 0.3 is 11.8 Å². The molecule has 2 aromatic rings. The molecule has 0 bridgehead atoms. The van der Waals surface area contributed by atoms with Gasteiger partial charge < -0.3 is 15.4 Å². The highest BCUT2D eigenvalue weighted by atomic mass is 35.5. The summed E-state index contributed by atoms with van der Waals surface area (Å²) in [7, 11) is 0. The Bertz CT molecular complexity index is 982. The fourth-order valence-electron chi connectivity index (χ4n) is 2.24. The van der Waals surface area contributed by atoms with Crippen molar-refractivity contribution in [2.75, 3.05) is 11.9 Å². The van der Waals surface area contributed by atoms with Gasteiger partial charge in [-0.15, -0.1) is 0 Å². The summed E-state index contributed by atoms with van der Waals surface area (Å²) in [5.41, 5.74) is 3.14. The van der Waals surface area contributed by atoms with Crippen LogP contribution in [0.25, 0.3) is 0 Å². The summed E-state index contributed by atoms with van der Waals surface area (Å²) in [5.74, 6) is -1.68. The molecule has 0 aliphatic carbocycles. The Kier molecular flexibility index (Phi) is 9.30. The van der Waals surface area contributed by atoms with Crippen molar-refractivity contribution < 1.29 is 19.1 Å². The lowest BCUT2D eigenvalue weighted by Gasteiger charge is -2.10. The number of nitrogens with one attached hydrogen (secondary N) is 3. The van der Waals surface area contributed by atoms with Crippen LogP contribution in [-0.4, -0.2) is 36.6 Å². The fraction of sp³-hybridized carbons (Fsp3) is 0.238. The Morgan fingerprint density at radius 2 is 1.84 bits per heavy atom. The quantitative estimate of drug-likeness (QED) is 0.316. The van der Waals surface area contributed by atoms with E-state index in [-0.39, 0.29) is 12.6 Å². The predicted molar refractivity (Wildman–Crippen MR) is 121 cm³/mol. The number of carbonyl (C=O) groups is 3. The molecule has 3 amide bonds. The van der Waals surface area contributed by atoms with Crippen LogP contribution in [0.4, 0.5) is 5.69 Å². The van der Waals surface area contributed by atoms with Crippen molar-refractivity contribution in [3.05, 3.63) is 58.1 Å². The predicted octanol–water partition coefficient (Wildman–Crippen LogP) is 3.38. The minimum atomic E-state index is -0.879. The van der Waals surface area contributed by atoms with Gasteiger partial charge in [0, 0.05) is 17.3 Å². The minimum Gasteiger partial charge on any atom is -0.483 e. The third kappa shape index (κ3) is 7.92. The Morgan fingerprint density at radius 3 is 2.55 bits per heavy atom. The summed E-state index contributed by atoms with van der Waals surface area (Å²) in [6, 6.07) is 11.4. The highest BCUT2D eigenvalue weighted by Crippen LogP contribution is 2.25.